The molecule has 11 heteroatoms. The normalized spacial score (nSPS) is 11.5. The number of aromatic nitrogens is 4. The highest BCUT2D eigenvalue weighted by atomic mass is 32.2. The average molecular weight is 411 g/mol. The minimum Gasteiger partial charge on any atom is -0.308 e. The van der Waals surface area contributed by atoms with Gasteiger partial charge in [0.2, 0.25) is 10.0 Å². The number of nitrogens with two attached hydrogens (primary N) is 1. The molecule has 0 fully saturated rings. The van der Waals surface area contributed by atoms with E-state index < -0.39 is 16.1 Å². The number of fused-ring (bicyclic) bond motifs is 1. The molecule has 148 valence electrons. The molecule has 4 rings (SSSR count). The van der Waals surface area contributed by atoms with Crippen molar-refractivity contribution in [3.8, 4) is 0 Å². The smallest absolute Gasteiger partial charge is 0.308 e. The Morgan fingerprint density at radius 1 is 1.03 bits per heavy atom. The first kappa shape index (κ1) is 18.7. The molecule has 0 saturated heterocycles. The predicted molar refractivity (Wildman–Crippen MR) is 107 cm³/mol. The number of carbonyl (C=O) groups is 1. The first-order chi connectivity index (χ1) is 13.9. The topological polar surface area (TPSA) is 136 Å². The van der Waals surface area contributed by atoms with Crippen molar-refractivity contribution in [2.45, 2.75) is 11.4 Å². The fourth-order valence-electron chi connectivity index (χ4n) is 2.77. The van der Waals surface area contributed by atoms with Crippen LogP contribution in [0, 0.1) is 0 Å². The third kappa shape index (κ3) is 4.42. The molecule has 0 spiro atoms. The zero-order valence-electron chi connectivity index (χ0n) is 15.1. The SMILES string of the molecule is NS(=O)(=O)c1ccc(NC(=O)Nc2cnn(Cc3cn4ccccc4n3)c2)cc1. The first-order valence-corrected chi connectivity index (χ1v) is 10.1. The molecule has 3 aromatic heterocycles. The summed E-state index contributed by atoms with van der Waals surface area (Å²) >= 11 is 0. The van der Waals surface area contributed by atoms with Gasteiger partial charge in [-0.25, -0.2) is 23.3 Å². The number of benzene rings is 1. The summed E-state index contributed by atoms with van der Waals surface area (Å²) in [4.78, 5) is 16.6. The number of pyridine rings is 1. The van der Waals surface area contributed by atoms with Gasteiger partial charge in [-0.3, -0.25) is 4.68 Å². The number of hydrogen-bond acceptors (Lipinski definition) is 5. The van der Waals surface area contributed by atoms with Crippen LogP contribution in [0.2, 0.25) is 0 Å². The number of urea groups is 1. The van der Waals surface area contributed by atoms with Crippen molar-refractivity contribution < 1.29 is 13.2 Å². The number of anilines is 2. The van der Waals surface area contributed by atoms with E-state index in [4.69, 9.17) is 5.14 Å². The summed E-state index contributed by atoms with van der Waals surface area (Å²) in [6.07, 6.45) is 7.05. The Morgan fingerprint density at radius 3 is 2.52 bits per heavy atom. The van der Waals surface area contributed by atoms with Crippen molar-refractivity contribution in [1.29, 1.82) is 0 Å². The second kappa shape index (κ2) is 7.37. The molecular formula is C18H17N7O3S. The van der Waals surface area contributed by atoms with E-state index in [1.807, 2.05) is 35.0 Å². The van der Waals surface area contributed by atoms with Crippen LogP contribution >= 0.6 is 0 Å². The summed E-state index contributed by atoms with van der Waals surface area (Å²) in [6, 6.07) is 10.8. The van der Waals surface area contributed by atoms with Gasteiger partial charge in [-0.2, -0.15) is 5.10 Å². The van der Waals surface area contributed by atoms with E-state index in [1.54, 1.807) is 10.9 Å². The van der Waals surface area contributed by atoms with Gasteiger partial charge in [-0.15, -0.1) is 0 Å². The highest BCUT2D eigenvalue weighted by Gasteiger charge is 2.09. The molecule has 0 aliphatic carbocycles. The Labute approximate surface area is 166 Å². The summed E-state index contributed by atoms with van der Waals surface area (Å²) in [5.41, 5.74) is 2.62. The second-order valence-corrected chi connectivity index (χ2v) is 7.83. The lowest BCUT2D eigenvalue weighted by atomic mass is 10.3. The molecule has 0 saturated carbocycles. The van der Waals surface area contributed by atoms with Gasteiger partial charge >= 0.3 is 6.03 Å². The van der Waals surface area contributed by atoms with Gasteiger partial charge in [0, 0.05) is 24.3 Å². The van der Waals surface area contributed by atoms with Gasteiger partial charge in [-0.05, 0) is 36.4 Å². The van der Waals surface area contributed by atoms with Crippen molar-refractivity contribution in [1.82, 2.24) is 19.2 Å². The Bertz CT molecular complexity index is 1240. The summed E-state index contributed by atoms with van der Waals surface area (Å²) in [5, 5.41) is 14.5. The molecule has 0 unspecified atom stereocenters. The highest BCUT2D eigenvalue weighted by Crippen LogP contribution is 2.14. The number of nitrogens with zero attached hydrogens (tertiary/aromatic N) is 4. The number of rotatable bonds is 5. The maximum Gasteiger partial charge on any atom is 0.323 e. The minimum atomic E-state index is -3.77. The van der Waals surface area contributed by atoms with Crippen LogP contribution < -0.4 is 15.8 Å². The first-order valence-electron chi connectivity index (χ1n) is 8.53. The van der Waals surface area contributed by atoms with Crippen molar-refractivity contribution >= 4 is 33.1 Å². The monoisotopic (exact) mass is 411 g/mol. The summed E-state index contributed by atoms with van der Waals surface area (Å²) in [6.45, 7) is 0.458. The van der Waals surface area contributed by atoms with Crippen LogP contribution in [0.4, 0.5) is 16.2 Å². The third-order valence-electron chi connectivity index (χ3n) is 4.07. The number of carbonyl (C=O) groups excluding carboxylic acids is 1. The Balaban J connectivity index is 1.37. The predicted octanol–water partition coefficient (Wildman–Crippen LogP) is 1.87. The molecule has 29 heavy (non-hydrogen) atoms. The lowest BCUT2D eigenvalue weighted by Gasteiger charge is -2.06. The van der Waals surface area contributed by atoms with Crippen molar-refractivity contribution in [2.24, 2.45) is 5.14 Å². The maximum absolute atomic E-state index is 12.1. The fourth-order valence-corrected chi connectivity index (χ4v) is 3.28. The molecule has 4 aromatic rings. The van der Waals surface area contributed by atoms with Gasteiger partial charge in [0.25, 0.3) is 0 Å². The van der Waals surface area contributed by atoms with E-state index in [0.717, 1.165) is 11.3 Å². The lowest BCUT2D eigenvalue weighted by Crippen LogP contribution is -2.19. The summed E-state index contributed by atoms with van der Waals surface area (Å²) < 4.78 is 26.1. The van der Waals surface area contributed by atoms with Crippen LogP contribution in [0.25, 0.3) is 5.65 Å². The van der Waals surface area contributed by atoms with Crippen molar-refractivity contribution in [3.63, 3.8) is 0 Å². The molecule has 0 bridgehead atoms. The molecule has 0 aliphatic heterocycles. The highest BCUT2D eigenvalue weighted by molar-refractivity contribution is 7.89. The third-order valence-corrected chi connectivity index (χ3v) is 5.00. The molecule has 1 aromatic carbocycles. The van der Waals surface area contributed by atoms with E-state index in [2.05, 4.69) is 20.7 Å². The quantitative estimate of drug-likeness (QED) is 0.460. The molecular weight excluding hydrogens is 394 g/mol. The fraction of sp³-hybridized carbons (Fsp3) is 0.0556. The maximum atomic E-state index is 12.1. The zero-order chi connectivity index (χ0) is 20.4. The molecule has 0 radical (unpaired) electrons. The van der Waals surface area contributed by atoms with E-state index in [9.17, 15) is 13.2 Å². The molecule has 10 nitrogen and oxygen atoms in total. The molecule has 2 amide bonds. The standard InChI is InChI=1S/C18H17N7O3S/c19-29(27,28)16-6-4-13(5-7-16)22-18(26)23-14-9-20-25(11-14)12-15-10-24-8-2-1-3-17(24)21-15/h1-11H,12H2,(H2,19,27,28)(H2,22,23,26). The number of sulfonamides is 1. The average Bonchev–Trinajstić information content (AvgIpc) is 3.27. The van der Waals surface area contributed by atoms with E-state index in [0.29, 0.717) is 17.9 Å². The van der Waals surface area contributed by atoms with Crippen LogP contribution in [-0.2, 0) is 16.6 Å². The number of imidazole rings is 1. The Kier molecular flexibility index (Phi) is 4.74. The largest absolute Gasteiger partial charge is 0.323 e. The van der Waals surface area contributed by atoms with Crippen LogP contribution in [0.15, 0.2) is 72.1 Å². The van der Waals surface area contributed by atoms with E-state index >= 15 is 0 Å². The van der Waals surface area contributed by atoms with Crippen LogP contribution in [-0.4, -0.2) is 33.6 Å². The van der Waals surface area contributed by atoms with Crippen LogP contribution in [0.1, 0.15) is 5.69 Å². The second-order valence-electron chi connectivity index (χ2n) is 6.27. The minimum absolute atomic E-state index is 0.0309. The van der Waals surface area contributed by atoms with Gasteiger partial charge in [0.1, 0.15) is 5.65 Å². The van der Waals surface area contributed by atoms with E-state index in [1.165, 1.54) is 30.5 Å². The lowest BCUT2D eigenvalue weighted by molar-refractivity contribution is 0.262. The van der Waals surface area contributed by atoms with Crippen LogP contribution in [0.5, 0.6) is 0 Å². The van der Waals surface area contributed by atoms with Gasteiger partial charge < -0.3 is 15.0 Å². The van der Waals surface area contributed by atoms with Gasteiger partial charge in [-0.1, -0.05) is 6.07 Å². The summed E-state index contributed by atoms with van der Waals surface area (Å²) in [5.74, 6) is 0. The molecule has 0 atom stereocenters. The number of hydrogen-bond donors (Lipinski definition) is 3. The van der Waals surface area contributed by atoms with Gasteiger partial charge in [0.05, 0.1) is 29.0 Å². The summed E-state index contributed by atoms with van der Waals surface area (Å²) in [7, 11) is -3.77. The number of amides is 2. The Hall–Kier alpha value is -3.70. The molecule has 0 aliphatic rings. The number of primary sulfonamides is 1. The number of nitrogens with one attached hydrogen (secondary N) is 2. The van der Waals surface area contributed by atoms with Gasteiger partial charge in [0.15, 0.2) is 0 Å². The Morgan fingerprint density at radius 2 is 1.79 bits per heavy atom. The molecule has 4 N–H and O–H groups in total. The van der Waals surface area contributed by atoms with Crippen molar-refractivity contribution in [3.05, 3.63) is 72.9 Å². The van der Waals surface area contributed by atoms with Crippen molar-refractivity contribution in [2.75, 3.05) is 10.6 Å². The van der Waals surface area contributed by atoms with E-state index in [-0.39, 0.29) is 4.90 Å². The zero-order valence-corrected chi connectivity index (χ0v) is 15.9. The molecule has 3 heterocycles. The van der Waals surface area contributed by atoms with Crippen LogP contribution in [0.3, 0.4) is 0 Å².